The first kappa shape index (κ1) is 13.4. The highest BCUT2D eigenvalue weighted by atomic mass is 32.2. The molecule has 1 aliphatic heterocycles. The summed E-state index contributed by atoms with van der Waals surface area (Å²) in [6.07, 6.45) is 0. The molecule has 2 aromatic carbocycles. The monoisotopic (exact) mass is 301 g/mol. The van der Waals surface area contributed by atoms with Crippen LogP contribution in [0.25, 0.3) is 0 Å². The SMILES string of the molecule is O=[N+]([O-])c1ccc(C2NN=C(c3ccccc3O)S2)cc1. The number of nitro groups is 1. The largest absolute Gasteiger partial charge is 0.507 e. The van der Waals surface area contributed by atoms with Crippen LogP contribution in [0.15, 0.2) is 53.6 Å². The van der Waals surface area contributed by atoms with Gasteiger partial charge in [-0.15, -0.1) is 0 Å². The molecule has 0 saturated heterocycles. The number of nitrogens with one attached hydrogen (secondary N) is 1. The zero-order valence-electron chi connectivity index (χ0n) is 10.8. The number of benzene rings is 2. The van der Waals surface area contributed by atoms with Crippen LogP contribution < -0.4 is 5.43 Å². The Morgan fingerprint density at radius 1 is 1.19 bits per heavy atom. The lowest BCUT2D eigenvalue weighted by Crippen LogP contribution is -2.06. The molecule has 1 heterocycles. The third-order valence-corrected chi connectivity index (χ3v) is 4.20. The second kappa shape index (κ2) is 5.45. The van der Waals surface area contributed by atoms with Gasteiger partial charge in [0.15, 0.2) is 0 Å². The minimum absolute atomic E-state index is 0.0589. The molecular weight excluding hydrogens is 290 g/mol. The second-order valence-corrected chi connectivity index (χ2v) is 5.50. The van der Waals surface area contributed by atoms with Gasteiger partial charge >= 0.3 is 0 Å². The molecule has 0 aliphatic carbocycles. The smallest absolute Gasteiger partial charge is 0.269 e. The van der Waals surface area contributed by atoms with Gasteiger partial charge in [0.25, 0.3) is 5.69 Å². The molecule has 0 aromatic heterocycles. The van der Waals surface area contributed by atoms with Gasteiger partial charge in [-0.25, -0.2) is 0 Å². The van der Waals surface area contributed by atoms with Crippen LogP contribution in [-0.2, 0) is 0 Å². The van der Waals surface area contributed by atoms with Gasteiger partial charge in [0.1, 0.15) is 16.2 Å². The molecule has 0 bridgehead atoms. The van der Waals surface area contributed by atoms with Crippen LogP contribution in [0.2, 0.25) is 0 Å². The van der Waals surface area contributed by atoms with Crippen molar-refractivity contribution in [1.82, 2.24) is 5.43 Å². The van der Waals surface area contributed by atoms with Crippen molar-refractivity contribution < 1.29 is 10.0 Å². The lowest BCUT2D eigenvalue weighted by atomic mass is 10.2. The van der Waals surface area contributed by atoms with Gasteiger partial charge in [0, 0.05) is 12.1 Å². The van der Waals surface area contributed by atoms with E-state index in [1.807, 2.05) is 6.07 Å². The molecule has 0 amide bonds. The number of nitrogens with zero attached hydrogens (tertiary/aromatic N) is 2. The van der Waals surface area contributed by atoms with Crippen LogP contribution >= 0.6 is 11.8 Å². The normalized spacial score (nSPS) is 17.1. The van der Waals surface area contributed by atoms with E-state index in [9.17, 15) is 15.2 Å². The van der Waals surface area contributed by atoms with E-state index in [1.165, 1.54) is 23.9 Å². The fourth-order valence-electron chi connectivity index (χ4n) is 1.97. The van der Waals surface area contributed by atoms with E-state index >= 15 is 0 Å². The molecule has 0 saturated carbocycles. The Labute approximate surface area is 124 Å². The molecule has 21 heavy (non-hydrogen) atoms. The van der Waals surface area contributed by atoms with Crippen molar-refractivity contribution in [2.45, 2.75) is 5.37 Å². The number of phenolic OH excluding ortho intramolecular Hbond substituents is 1. The Hall–Kier alpha value is -2.54. The number of hydrogen-bond acceptors (Lipinski definition) is 6. The summed E-state index contributed by atoms with van der Waals surface area (Å²) in [5, 5.41) is 25.3. The van der Waals surface area contributed by atoms with E-state index in [2.05, 4.69) is 10.5 Å². The summed E-state index contributed by atoms with van der Waals surface area (Å²) >= 11 is 1.45. The van der Waals surface area contributed by atoms with Crippen molar-refractivity contribution in [3.8, 4) is 5.75 Å². The highest BCUT2D eigenvalue weighted by molar-refractivity contribution is 8.14. The Balaban J connectivity index is 1.77. The number of thioether (sulfide) groups is 1. The minimum Gasteiger partial charge on any atom is -0.507 e. The Morgan fingerprint density at radius 2 is 1.90 bits per heavy atom. The van der Waals surface area contributed by atoms with E-state index in [1.54, 1.807) is 30.3 Å². The molecule has 2 aromatic rings. The molecule has 0 radical (unpaired) electrons. The molecule has 0 spiro atoms. The van der Waals surface area contributed by atoms with E-state index < -0.39 is 4.92 Å². The Bertz CT molecular complexity index is 716. The molecule has 0 fully saturated rings. The summed E-state index contributed by atoms with van der Waals surface area (Å²) in [6, 6.07) is 13.3. The van der Waals surface area contributed by atoms with Crippen LogP contribution in [0, 0.1) is 10.1 Å². The van der Waals surface area contributed by atoms with Crippen molar-refractivity contribution in [1.29, 1.82) is 0 Å². The van der Waals surface area contributed by atoms with Gasteiger partial charge in [-0.05, 0) is 29.8 Å². The summed E-state index contributed by atoms with van der Waals surface area (Å²) in [7, 11) is 0. The van der Waals surface area contributed by atoms with Gasteiger partial charge in [-0.3, -0.25) is 15.5 Å². The second-order valence-electron chi connectivity index (χ2n) is 4.41. The number of phenols is 1. The molecule has 7 heteroatoms. The van der Waals surface area contributed by atoms with Crippen LogP contribution in [0.5, 0.6) is 5.75 Å². The first-order chi connectivity index (χ1) is 10.1. The van der Waals surface area contributed by atoms with Gasteiger partial charge in [-0.1, -0.05) is 23.9 Å². The molecule has 2 N–H and O–H groups in total. The maximum Gasteiger partial charge on any atom is 0.269 e. The number of nitro benzene ring substituents is 1. The van der Waals surface area contributed by atoms with Gasteiger partial charge < -0.3 is 5.11 Å². The van der Waals surface area contributed by atoms with Gasteiger partial charge in [0.2, 0.25) is 0 Å². The molecule has 3 rings (SSSR count). The fraction of sp³-hybridized carbons (Fsp3) is 0.0714. The van der Waals surface area contributed by atoms with E-state index in [4.69, 9.17) is 0 Å². The zero-order chi connectivity index (χ0) is 14.8. The van der Waals surface area contributed by atoms with Crippen molar-refractivity contribution in [3.05, 3.63) is 69.8 Å². The number of para-hydroxylation sites is 1. The average molecular weight is 301 g/mol. The number of aromatic hydroxyl groups is 1. The standard InChI is InChI=1S/C14H11N3O3S/c18-12-4-2-1-3-11(12)14-16-15-13(21-14)9-5-7-10(8-6-9)17(19)20/h1-8,13,15,18H. The van der Waals surface area contributed by atoms with Crippen molar-refractivity contribution >= 4 is 22.5 Å². The van der Waals surface area contributed by atoms with E-state index in [0.29, 0.717) is 10.6 Å². The summed E-state index contributed by atoms with van der Waals surface area (Å²) in [5.74, 6) is 0.176. The number of hydrazone groups is 1. The first-order valence-corrected chi connectivity index (χ1v) is 7.06. The quantitative estimate of drug-likeness (QED) is 0.672. The maximum atomic E-state index is 10.6. The molecule has 1 unspecified atom stereocenters. The van der Waals surface area contributed by atoms with Crippen molar-refractivity contribution in [2.75, 3.05) is 0 Å². The first-order valence-electron chi connectivity index (χ1n) is 6.18. The Morgan fingerprint density at radius 3 is 2.57 bits per heavy atom. The minimum atomic E-state index is -0.428. The van der Waals surface area contributed by atoms with E-state index in [-0.39, 0.29) is 16.8 Å². The zero-order valence-corrected chi connectivity index (χ0v) is 11.6. The maximum absolute atomic E-state index is 10.6. The van der Waals surface area contributed by atoms with Gasteiger partial charge in [0.05, 0.1) is 10.5 Å². The topological polar surface area (TPSA) is 87.8 Å². The number of hydrogen-bond donors (Lipinski definition) is 2. The summed E-state index contributed by atoms with van der Waals surface area (Å²) in [5.41, 5.74) is 4.58. The van der Waals surface area contributed by atoms with Crippen molar-refractivity contribution in [2.24, 2.45) is 5.10 Å². The third kappa shape index (κ3) is 2.68. The molecule has 6 nitrogen and oxygen atoms in total. The Kier molecular flexibility index (Phi) is 3.49. The summed E-state index contributed by atoms with van der Waals surface area (Å²) < 4.78 is 0. The number of rotatable bonds is 3. The molecule has 1 aliphatic rings. The molecule has 106 valence electrons. The molecule has 1 atom stereocenters. The highest BCUT2D eigenvalue weighted by Crippen LogP contribution is 2.36. The van der Waals surface area contributed by atoms with Crippen LogP contribution in [-0.4, -0.2) is 15.1 Å². The van der Waals surface area contributed by atoms with Crippen LogP contribution in [0.4, 0.5) is 5.69 Å². The van der Waals surface area contributed by atoms with Gasteiger partial charge in [-0.2, -0.15) is 5.10 Å². The fourth-order valence-corrected chi connectivity index (χ4v) is 3.00. The predicted octanol–water partition coefficient (Wildman–Crippen LogP) is 3.00. The van der Waals surface area contributed by atoms with Crippen LogP contribution in [0.1, 0.15) is 16.5 Å². The summed E-state index contributed by atoms with van der Waals surface area (Å²) in [6.45, 7) is 0. The average Bonchev–Trinajstić information content (AvgIpc) is 2.97. The third-order valence-electron chi connectivity index (χ3n) is 3.05. The highest BCUT2D eigenvalue weighted by Gasteiger charge is 2.24. The number of non-ortho nitro benzene ring substituents is 1. The van der Waals surface area contributed by atoms with Crippen LogP contribution in [0.3, 0.4) is 0 Å². The lowest BCUT2D eigenvalue weighted by molar-refractivity contribution is -0.384. The van der Waals surface area contributed by atoms with Crippen molar-refractivity contribution in [3.63, 3.8) is 0 Å². The summed E-state index contributed by atoms with van der Waals surface area (Å²) in [4.78, 5) is 10.2. The molecular formula is C14H11N3O3S. The predicted molar refractivity (Wildman–Crippen MR) is 81.2 cm³/mol. The van der Waals surface area contributed by atoms with E-state index in [0.717, 1.165) is 5.56 Å². The lowest BCUT2D eigenvalue weighted by Gasteiger charge is -2.09.